The minimum absolute atomic E-state index is 0.0476. The third kappa shape index (κ3) is 5.11. The fourth-order valence-electron chi connectivity index (χ4n) is 2.68. The second-order valence-corrected chi connectivity index (χ2v) is 6.75. The molecule has 1 N–H and O–H groups in total. The summed E-state index contributed by atoms with van der Waals surface area (Å²) in [6.45, 7) is 4.30. The Morgan fingerprint density at radius 2 is 1.85 bits per heavy atom. The average Bonchev–Trinajstić information content (AvgIpc) is 3.15. The topological polar surface area (TPSA) is 56.2 Å². The van der Waals surface area contributed by atoms with Crippen molar-refractivity contribution in [1.82, 2.24) is 15.1 Å². The molecule has 6 heteroatoms. The van der Waals surface area contributed by atoms with Crippen molar-refractivity contribution in [3.8, 4) is 5.75 Å². The molecule has 3 rings (SSSR count). The van der Waals surface area contributed by atoms with E-state index in [1.165, 1.54) is 5.56 Å². The largest absolute Gasteiger partial charge is 0.471 e. The minimum atomic E-state index is -0.201. The highest BCUT2D eigenvalue weighted by Gasteiger charge is 2.16. The first-order valence-electron chi connectivity index (χ1n) is 8.84. The monoisotopic (exact) mass is 383 g/mol. The van der Waals surface area contributed by atoms with Gasteiger partial charge in [-0.2, -0.15) is 5.10 Å². The lowest BCUT2D eigenvalue weighted by Crippen LogP contribution is -2.28. The maximum absolute atomic E-state index is 12.5. The van der Waals surface area contributed by atoms with E-state index in [2.05, 4.69) is 10.4 Å². The van der Waals surface area contributed by atoms with E-state index in [-0.39, 0.29) is 18.7 Å². The van der Waals surface area contributed by atoms with Crippen LogP contribution in [-0.4, -0.2) is 15.7 Å². The van der Waals surface area contributed by atoms with Crippen LogP contribution in [0.4, 0.5) is 0 Å². The molecule has 0 saturated carbocycles. The summed E-state index contributed by atoms with van der Waals surface area (Å²) in [6, 6.07) is 16.9. The van der Waals surface area contributed by atoms with E-state index >= 15 is 0 Å². The number of aryl methyl sites for hydroxylation is 1. The van der Waals surface area contributed by atoms with Gasteiger partial charge in [-0.1, -0.05) is 48.4 Å². The molecule has 0 aliphatic rings. The summed E-state index contributed by atoms with van der Waals surface area (Å²) in [6.07, 6.45) is 2.52. The normalized spacial score (nSPS) is 11.8. The second-order valence-electron chi connectivity index (χ2n) is 6.31. The molecule has 5 nitrogen and oxygen atoms in total. The van der Waals surface area contributed by atoms with Gasteiger partial charge in [-0.05, 0) is 49.2 Å². The first kappa shape index (κ1) is 19.0. The number of nitrogens with zero attached hydrogens (tertiary/aromatic N) is 2. The number of ether oxygens (including phenoxy) is 1. The Kier molecular flexibility index (Phi) is 6.14. The van der Waals surface area contributed by atoms with Gasteiger partial charge in [0.25, 0.3) is 5.91 Å². The van der Waals surface area contributed by atoms with Crippen molar-refractivity contribution >= 4 is 17.5 Å². The van der Waals surface area contributed by atoms with E-state index in [1.807, 2.05) is 38.1 Å². The Hall–Kier alpha value is -2.79. The summed E-state index contributed by atoms with van der Waals surface area (Å²) in [5.74, 6) is 0.485. The van der Waals surface area contributed by atoms with E-state index in [4.69, 9.17) is 16.3 Å². The van der Waals surface area contributed by atoms with Crippen LogP contribution in [0.2, 0.25) is 5.02 Å². The van der Waals surface area contributed by atoms with Gasteiger partial charge in [-0.25, -0.2) is 4.68 Å². The minimum Gasteiger partial charge on any atom is -0.471 e. The summed E-state index contributed by atoms with van der Waals surface area (Å²) in [7, 11) is 0. The molecule has 2 aromatic carbocycles. The summed E-state index contributed by atoms with van der Waals surface area (Å²) in [4.78, 5) is 12.5. The molecule has 140 valence electrons. The van der Waals surface area contributed by atoms with E-state index in [0.717, 1.165) is 12.0 Å². The van der Waals surface area contributed by atoms with Crippen LogP contribution in [0, 0.1) is 6.92 Å². The van der Waals surface area contributed by atoms with Gasteiger partial charge in [-0.15, -0.1) is 0 Å². The van der Waals surface area contributed by atoms with E-state index < -0.39 is 0 Å². The number of rotatable bonds is 7. The molecule has 0 bridgehead atoms. The molecule has 0 aliphatic carbocycles. The van der Waals surface area contributed by atoms with Crippen molar-refractivity contribution in [2.45, 2.75) is 33.0 Å². The SMILES string of the molecule is CCC(NC(=O)c1ccn(COc2ccc(Cl)cc2)n1)c1ccc(C)cc1. The number of nitrogens with one attached hydrogen (secondary N) is 1. The van der Waals surface area contributed by atoms with Crippen molar-refractivity contribution in [2.75, 3.05) is 0 Å². The highest BCUT2D eigenvalue weighted by Crippen LogP contribution is 2.18. The number of carbonyl (C=O) groups is 1. The van der Waals surface area contributed by atoms with Crippen molar-refractivity contribution < 1.29 is 9.53 Å². The van der Waals surface area contributed by atoms with Crippen molar-refractivity contribution in [3.05, 3.63) is 82.6 Å². The van der Waals surface area contributed by atoms with Crippen LogP contribution in [0.3, 0.4) is 0 Å². The Morgan fingerprint density at radius 1 is 1.15 bits per heavy atom. The van der Waals surface area contributed by atoms with Crippen molar-refractivity contribution in [3.63, 3.8) is 0 Å². The first-order chi connectivity index (χ1) is 13.0. The first-order valence-corrected chi connectivity index (χ1v) is 9.22. The van der Waals surface area contributed by atoms with Crippen LogP contribution in [-0.2, 0) is 6.73 Å². The van der Waals surface area contributed by atoms with Crippen LogP contribution in [0.5, 0.6) is 5.75 Å². The molecule has 1 unspecified atom stereocenters. The Bertz CT molecular complexity index is 889. The third-order valence-corrected chi connectivity index (χ3v) is 4.50. The molecular weight excluding hydrogens is 362 g/mol. The standard InChI is InChI=1S/C21H22ClN3O2/c1-3-19(16-6-4-15(2)5-7-16)23-21(26)20-12-13-25(24-20)14-27-18-10-8-17(22)9-11-18/h4-13,19H,3,14H2,1-2H3,(H,23,26). The number of hydrogen-bond acceptors (Lipinski definition) is 3. The number of hydrogen-bond donors (Lipinski definition) is 1. The Labute approximate surface area is 163 Å². The molecule has 3 aromatic rings. The quantitative estimate of drug-likeness (QED) is 0.639. The fraction of sp³-hybridized carbons (Fsp3) is 0.238. The molecule has 0 aliphatic heterocycles. The number of halogens is 1. The molecular formula is C21H22ClN3O2. The predicted octanol–water partition coefficient (Wildman–Crippen LogP) is 4.76. The highest BCUT2D eigenvalue weighted by molar-refractivity contribution is 6.30. The molecule has 0 saturated heterocycles. The maximum atomic E-state index is 12.5. The highest BCUT2D eigenvalue weighted by atomic mass is 35.5. The zero-order valence-electron chi connectivity index (χ0n) is 15.4. The van der Waals surface area contributed by atoms with Gasteiger partial charge in [0.2, 0.25) is 0 Å². The predicted molar refractivity (Wildman–Crippen MR) is 106 cm³/mol. The van der Waals surface area contributed by atoms with E-state index in [0.29, 0.717) is 16.5 Å². The molecule has 1 heterocycles. The Balaban J connectivity index is 1.60. The molecule has 1 atom stereocenters. The van der Waals surface area contributed by atoms with E-state index in [9.17, 15) is 4.79 Å². The van der Waals surface area contributed by atoms with Crippen LogP contribution in [0.15, 0.2) is 60.8 Å². The summed E-state index contributed by atoms with van der Waals surface area (Å²) < 4.78 is 7.21. The number of amides is 1. The number of aromatic nitrogens is 2. The summed E-state index contributed by atoms with van der Waals surface area (Å²) in [5, 5.41) is 7.99. The lowest BCUT2D eigenvalue weighted by Gasteiger charge is -2.17. The van der Waals surface area contributed by atoms with Crippen molar-refractivity contribution in [1.29, 1.82) is 0 Å². The van der Waals surface area contributed by atoms with Gasteiger partial charge >= 0.3 is 0 Å². The number of carbonyl (C=O) groups excluding carboxylic acids is 1. The fourth-order valence-corrected chi connectivity index (χ4v) is 2.80. The van der Waals surface area contributed by atoms with Crippen molar-refractivity contribution in [2.24, 2.45) is 0 Å². The molecule has 27 heavy (non-hydrogen) atoms. The molecule has 0 fully saturated rings. The molecule has 1 aromatic heterocycles. The van der Waals surface area contributed by atoms with Gasteiger partial charge in [0, 0.05) is 11.2 Å². The molecule has 0 radical (unpaired) electrons. The lowest BCUT2D eigenvalue weighted by atomic mass is 10.0. The van der Waals surface area contributed by atoms with Gasteiger partial charge in [0.05, 0.1) is 6.04 Å². The van der Waals surface area contributed by atoms with E-state index in [1.54, 1.807) is 41.2 Å². The average molecular weight is 384 g/mol. The summed E-state index contributed by atoms with van der Waals surface area (Å²) >= 11 is 5.85. The molecule has 0 spiro atoms. The third-order valence-electron chi connectivity index (χ3n) is 4.24. The van der Waals surface area contributed by atoms with Crippen LogP contribution in [0.1, 0.15) is 41.0 Å². The van der Waals surface area contributed by atoms with Crippen LogP contribution in [0.25, 0.3) is 0 Å². The molecule has 1 amide bonds. The second kappa shape index (κ2) is 8.73. The van der Waals surface area contributed by atoms with Gasteiger partial charge in [0.15, 0.2) is 6.73 Å². The zero-order chi connectivity index (χ0) is 19.2. The summed E-state index contributed by atoms with van der Waals surface area (Å²) in [5.41, 5.74) is 2.64. The van der Waals surface area contributed by atoms with Crippen LogP contribution >= 0.6 is 11.6 Å². The number of benzene rings is 2. The lowest BCUT2D eigenvalue weighted by molar-refractivity contribution is 0.0928. The smallest absolute Gasteiger partial charge is 0.272 e. The maximum Gasteiger partial charge on any atom is 0.272 e. The zero-order valence-corrected chi connectivity index (χ0v) is 16.1. The van der Waals surface area contributed by atoms with Crippen LogP contribution < -0.4 is 10.1 Å². The Morgan fingerprint density at radius 3 is 2.52 bits per heavy atom. The van der Waals surface area contributed by atoms with Gasteiger partial charge < -0.3 is 10.1 Å². The van der Waals surface area contributed by atoms with Gasteiger partial charge in [0.1, 0.15) is 11.4 Å². The van der Waals surface area contributed by atoms with Gasteiger partial charge in [-0.3, -0.25) is 4.79 Å².